The lowest BCUT2D eigenvalue weighted by Crippen LogP contribution is -2.30. The van der Waals surface area contributed by atoms with Gasteiger partial charge in [-0.25, -0.2) is 0 Å². The number of benzene rings is 1. The first-order valence-electron chi connectivity index (χ1n) is 6.77. The maximum Gasteiger partial charge on any atom is 0.0490 e. The van der Waals surface area contributed by atoms with Gasteiger partial charge in [0.15, 0.2) is 0 Å². The van der Waals surface area contributed by atoms with Crippen molar-refractivity contribution in [2.24, 2.45) is 11.3 Å². The molecule has 0 radical (unpaired) electrons. The van der Waals surface area contributed by atoms with Crippen LogP contribution in [0.2, 0.25) is 0 Å². The second kappa shape index (κ2) is 4.81. The maximum atomic E-state index is 9.61. The van der Waals surface area contributed by atoms with E-state index in [2.05, 4.69) is 39.0 Å². The van der Waals surface area contributed by atoms with E-state index in [0.717, 1.165) is 6.42 Å². The quantitative estimate of drug-likeness (QED) is 0.844. The van der Waals surface area contributed by atoms with Crippen LogP contribution in [-0.2, 0) is 19.3 Å². The van der Waals surface area contributed by atoms with E-state index in [1.54, 1.807) is 0 Å². The van der Waals surface area contributed by atoms with Gasteiger partial charge < -0.3 is 5.11 Å². The summed E-state index contributed by atoms with van der Waals surface area (Å²) in [5, 5.41) is 9.61. The molecule has 17 heavy (non-hydrogen) atoms. The monoisotopic (exact) mass is 232 g/mol. The van der Waals surface area contributed by atoms with Crippen LogP contribution in [0, 0.1) is 11.3 Å². The van der Waals surface area contributed by atoms with Gasteiger partial charge in [0, 0.05) is 6.61 Å². The second-order valence-electron chi connectivity index (χ2n) is 6.10. The minimum absolute atomic E-state index is 0.00679. The maximum absolute atomic E-state index is 9.61. The zero-order chi connectivity index (χ0) is 12.5. The van der Waals surface area contributed by atoms with E-state index >= 15 is 0 Å². The van der Waals surface area contributed by atoms with E-state index in [0.29, 0.717) is 5.92 Å². The Morgan fingerprint density at radius 1 is 1.24 bits per heavy atom. The first-order chi connectivity index (χ1) is 8.05. The first kappa shape index (κ1) is 12.6. The van der Waals surface area contributed by atoms with Crippen LogP contribution >= 0.6 is 0 Å². The Balaban J connectivity index is 2.18. The molecule has 0 aromatic heterocycles. The molecule has 1 aromatic carbocycles. The standard InChI is InChI=1S/C16H24O/c1-12(2)16(3,11-17)10-13-7-8-14-5-4-6-15(14)9-13/h7-9,12,17H,4-6,10-11H2,1-3H3. The molecule has 0 bridgehead atoms. The zero-order valence-corrected chi connectivity index (χ0v) is 11.3. The van der Waals surface area contributed by atoms with Gasteiger partial charge in [0.25, 0.3) is 0 Å². The Kier molecular flexibility index (Phi) is 3.58. The highest BCUT2D eigenvalue weighted by Crippen LogP contribution is 2.32. The molecule has 0 aliphatic heterocycles. The zero-order valence-electron chi connectivity index (χ0n) is 11.3. The number of hydrogen-bond donors (Lipinski definition) is 1. The molecule has 0 amide bonds. The summed E-state index contributed by atoms with van der Waals surface area (Å²) >= 11 is 0. The molecule has 0 saturated heterocycles. The van der Waals surface area contributed by atoms with Crippen LogP contribution in [0.4, 0.5) is 0 Å². The highest BCUT2D eigenvalue weighted by atomic mass is 16.3. The first-order valence-corrected chi connectivity index (χ1v) is 6.77. The lowest BCUT2D eigenvalue weighted by Gasteiger charge is -2.32. The Labute approximate surface area is 105 Å². The summed E-state index contributed by atoms with van der Waals surface area (Å²) in [6, 6.07) is 6.90. The summed E-state index contributed by atoms with van der Waals surface area (Å²) in [7, 11) is 0. The highest BCUT2D eigenvalue weighted by Gasteiger charge is 2.28. The van der Waals surface area contributed by atoms with Crippen LogP contribution in [0.1, 0.15) is 43.9 Å². The third-order valence-electron chi connectivity index (χ3n) is 4.53. The molecule has 1 aliphatic rings. The van der Waals surface area contributed by atoms with E-state index in [4.69, 9.17) is 0 Å². The number of aliphatic hydroxyl groups is 1. The van der Waals surface area contributed by atoms with Crippen molar-refractivity contribution in [3.8, 4) is 0 Å². The predicted molar refractivity (Wildman–Crippen MR) is 72.2 cm³/mol. The van der Waals surface area contributed by atoms with Crippen molar-refractivity contribution < 1.29 is 5.11 Å². The Morgan fingerprint density at radius 2 is 1.94 bits per heavy atom. The minimum Gasteiger partial charge on any atom is -0.396 e. The normalized spacial score (nSPS) is 18.2. The molecule has 0 fully saturated rings. The second-order valence-corrected chi connectivity index (χ2v) is 6.10. The Bertz CT molecular complexity index is 395. The molecule has 1 atom stereocenters. The van der Waals surface area contributed by atoms with Gasteiger partial charge in [-0.2, -0.15) is 0 Å². The number of rotatable bonds is 4. The van der Waals surface area contributed by atoms with Gasteiger partial charge in [-0.15, -0.1) is 0 Å². The Morgan fingerprint density at radius 3 is 2.59 bits per heavy atom. The lowest BCUT2D eigenvalue weighted by molar-refractivity contribution is 0.0947. The smallest absolute Gasteiger partial charge is 0.0490 e. The molecule has 0 spiro atoms. The lowest BCUT2D eigenvalue weighted by atomic mass is 9.75. The molecule has 0 heterocycles. The summed E-state index contributed by atoms with van der Waals surface area (Å²) < 4.78 is 0. The van der Waals surface area contributed by atoms with E-state index in [-0.39, 0.29) is 12.0 Å². The van der Waals surface area contributed by atoms with Crippen LogP contribution in [-0.4, -0.2) is 11.7 Å². The van der Waals surface area contributed by atoms with Crippen LogP contribution in [0.5, 0.6) is 0 Å². The molecule has 1 aliphatic carbocycles. The average molecular weight is 232 g/mol. The van der Waals surface area contributed by atoms with Crippen molar-refractivity contribution in [3.05, 3.63) is 34.9 Å². The summed E-state index contributed by atoms with van der Waals surface area (Å²) in [4.78, 5) is 0. The van der Waals surface area contributed by atoms with Gasteiger partial charge in [0.1, 0.15) is 0 Å². The third kappa shape index (κ3) is 2.55. The third-order valence-corrected chi connectivity index (χ3v) is 4.53. The molecular formula is C16H24O. The molecule has 1 unspecified atom stereocenters. The van der Waals surface area contributed by atoms with Crippen LogP contribution in [0.15, 0.2) is 18.2 Å². The van der Waals surface area contributed by atoms with Gasteiger partial charge in [0.2, 0.25) is 0 Å². The van der Waals surface area contributed by atoms with Crippen molar-refractivity contribution in [1.29, 1.82) is 0 Å². The summed E-state index contributed by atoms with van der Waals surface area (Å²) in [5.41, 5.74) is 4.46. The van der Waals surface area contributed by atoms with Crippen LogP contribution in [0.3, 0.4) is 0 Å². The van der Waals surface area contributed by atoms with Crippen molar-refractivity contribution in [3.63, 3.8) is 0 Å². The number of fused-ring (bicyclic) bond motifs is 1. The number of hydrogen-bond acceptors (Lipinski definition) is 1. The summed E-state index contributed by atoms with van der Waals surface area (Å²) in [5.74, 6) is 0.501. The molecule has 1 nitrogen and oxygen atoms in total. The van der Waals surface area contributed by atoms with Gasteiger partial charge in [-0.1, -0.05) is 39.0 Å². The molecule has 0 saturated carbocycles. The van der Waals surface area contributed by atoms with E-state index in [1.807, 2.05) is 0 Å². The summed E-state index contributed by atoms with van der Waals surface area (Å²) in [6.07, 6.45) is 4.77. The number of aliphatic hydroxyl groups excluding tert-OH is 1. The average Bonchev–Trinajstić information content (AvgIpc) is 2.75. The molecule has 94 valence electrons. The largest absolute Gasteiger partial charge is 0.396 e. The predicted octanol–water partition coefficient (Wildman–Crippen LogP) is 3.37. The fraction of sp³-hybridized carbons (Fsp3) is 0.625. The molecule has 2 rings (SSSR count). The van der Waals surface area contributed by atoms with Gasteiger partial charge in [0.05, 0.1) is 0 Å². The SMILES string of the molecule is CC(C)C(C)(CO)Cc1ccc2c(c1)CCC2. The molecule has 1 aromatic rings. The van der Waals surface area contributed by atoms with Crippen molar-refractivity contribution in [2.45, 2.75) is 46.5 Å². The minimum atomic E-state index is 0.00679. The van der Waals surface area contributed by atoms with Crippen molar-refractivity contribution in [1.82, 2.24) is 0 Å². The topological polar surface area (TPSA) is 20.2 Å². The Hall–Kier alpha value is -0.820. The number of aryl methyl sites for hydroxylation is 2. The fourth-order valence-corrected chi connectivity index (χ4v) is 2.64. The van der Waals surface area contributed by atoms with E-state index in [9.17, 15) is 5.11 Å². The molecule has 1 heteroatoms. The highest BCUT2D eigenvalue weighted by molar-refractivity contribution is 5.35. The van der Waals surface area contributed by atoms with Crippen molar-refractivity contribution >= 4 is 0 Å². The molecule has 1 N–H and O–H groups in total. The van der Waals surface area contributed by atoms with Crippen LogP contribution < -0.4 is 0 Å². The van der Waals surface area contributed by atoms with Gasteiger partial charge in [-0.05, 0) is 53.7 Å². The van der Waals surface area contributed by atoms with Gasteiger partial charge in [-0.3, -0.25) is 0 Å². The summed E-state index contributed by atoms with van der Waals surface area (Å²) in [6.45, 7) is 6.85. The van der Waals surface area contributed by atoms with E-state index < -0.39 is 0 Å². The van der Waals surface area contributed by atoms with Crippen LogP contribution in [0.25, 0.3) is 0 Å². The van der Waals surface area contributed by atoms with E-state index in [1.165, 1.54) is 36.0 Å². The van der Waals surface area contributed by atoms with Crippen molar-refractivity contribution in [2.75, 3.05) is 6.61 Å². The molecular weight excluding hydrogens is 208 g/mol. The van der Waals surface area contributed by atoms with Gasteiger partial charge >= 0.3 is 0 Å². The fourth-order valence-electron chi connectivity index (χ4n) is 2.64.